The van der Waals surface area contributed by atoms with Crippen molar-refractivity contribution < 1.29 is 13.2 Å². The van der Waals surface area contributed by atoms with Crippen LogP contribution in [0.2, 0.25) is 0 Å². The van der Waals surface area contributed by atoms with Crippen molar-refractivity contribution in [3.05, 3.63) is 29.3 Å². The average molecular weight is 353 g/mol. The van der Waals surface area contributed by atoms with E-state index in [9.17, 15) is 8.42 Å². The lowest BCUT2D eigenvalue weighted by atomic mass is 9.86. The molecule has 1 aliphatic heterocycles. The molecule has 0 unspecified atom stereocenters. The molecule has 2 aliphatic rings. The molecule has 0 atom stereocenters. The Morgan fingerprint density at radius 3 is 2.79 bits per heavy atom. The number of hydrogen-bond donors (Lipinski definition) is 2. The molecule has 5 nitrogen and oxygen atoms in total. The molecule has 0 saturated heterocycles. The number of rotatable bonds is 8. The van der Waals surface area contributed by atoms with Gasteiger partial charge < -0.3 is 10.1 Å². The van der Waals surface area contributed by atoms with Crippen LogP contribution in [0, 0.1) is 5.92 Å². The predicted molar refractivity (Wildman–Crippen MR) is 95.7 cm³/mol. The van der Waals surface area contributed by atoms with Crippen molar-refractivity contribution in [1.29, 1.82) is 0 Å². The molecule has 1 fully saturated rings. The highest BCUT2D eigenvalue weighted by atomic mass is 32.2. The Labute approximate surface area is 145 Å². The van der Waals surface area contributed by atoms with E-state index >= 15 is 0 Å². The van der Waals surface area contributed by atoms with Crippen molar-refractivity contribution in [2.24, 2.45) is 5.92 Å². The number of sulfonamides is 1. The maximum Gasteiger partial charge on any atom is 0.212 e. The first kappa shape index (κ1) is 17.7. The molecule has 0 amide bonds. The van der Waals surface area contributed by atoms with E-state index in [1.54, 1.807) is 0 Å². The maximum atomic E-state index is 11.9. The molecular formula is C18H28N2O3S. The summed E-state index contributed by atoms with van der Waals surface area (Å²) in [6, 6.07) is 6.20. The van der Waals surface area contributed by atoms with Crippen LogP contribution in [0.5, 0.6) is 5.75 Å². The maximum absolute atomic E-state index is 11.9. The Morgan fingerprint density at radius 1 is 1.29 bits per heavy atom. The smallest absolute Gasteiger partial charge is 0.212 e. The van der Waals surface area contributed by atoms with E-state index in [4.69, 9.17) is 4.74 Å². The molecule has 3 rings (SSSR count). The molecule has 1 heterocycles. The van der Waals surface area contributed by atoms with Crippen LogP contribution in [-0.4, -0.2) is 32.9 Å². The van der Waals surface area contributed by atoms with Gasteiger partial charge in [0.15, 0.2) is 0 Å². The van der Waals surface area contributed by atoms with E-state index in [1.165, 1.54) is 12.0 Å². The second-order valence-corrected chi connectivity index (χ2v) is 9.55. The second kappa shape index (κ2) is 7.02. The SMILES string of the molecule is CC1(C)Cc2cc(CNCCS(=O)(=O)NCC3CCC3)ccc2O1. The van der Waals surface area contributed by atoms with Crippen LogP contribution in [0.3, 0.4) is 0 Å². The highest BCUT2D eigenvalue weighted by Crippen LogP contribution is 2.35. The van der Waals surface area contributed by atoms with Crippen LogP contribution < -0.4 is 14.8 Å². The molecule has 0 aromatic heterocycles. The zero-order chi connectivity index (χ0) is 17.2. The zero-order valence-electron chi connectivity index (χ0n) is 14.6. The Morgan fingerprint density at radius 2 is 2.08 bits per heavy atom. The number of nitrogens with one attached hydrogen (secondary N) is 2. The van der Waals surface area contributed by atoms with Crippen molar-refractivity contribution in [2.75, 3.05) is 18.8 Å². The molecule has 1 aromatic carbocycles. The number of hydrogen-bond acceptors (Lipinski definition) is 4. The summed E-state index contributed by atoms with van der Waals surface area (Å²) in [5, 5.41) is 3.23. The Bertz CT molecular complexity index is 682. The standard InChI is InChI=1S/C18H28N2O3S/c1-18(2)11-16-10-15(6-7-17(16)23-18)12-19-8-9-24(21,22)20-13-14-4-3-5-14/h6-7,10,14,19-20H,3-5,8-9,11-13H2,1-2H3. The van der Waals surface area contributed by atoms with Crippen LogP contribution in [0.4, 0.5) is 0 Å². The first-order valence-electron chi connectivity index (χ1n) is 8.82. The summed E-state index contributed by atoms with van der Waals surface area (Å²) >= 11 is 0. The summed E-state index contributed by atoms with van der Waals surface area (Å²) in [4.78, 5) is 0. The van der Waals surface area contributed by atoms with Crippen molar-refractivity contribution in [2.45, 2.75) is 51.7 Å². The van der Waals surface area contributed by atoms with E-state index in [-0.39, 0.29) is 11.4 Å². The van der Waals surface area contributed by atoms with Crippen molar-refractivity contribution in [3.8, 4) is 5.75 Å². The largest absolute Gasteiger partial charge is 0.487 e. The van der Waals surface area contributed by atoms with Gasteiger partial charge in [-0.15, -0.1) is 0 Å². The Kier molecular flexibility index (Phi) is 5.18. The van der Waals surface area contributed by atoms with Crippen molar-refractivity contribution in [3.63, 3.8) is 0 Å². The minimum absolute atomic E-state index is 0.126. The molecule has 0 radical (unpaired) electrons. The average Bonchev–Trinajstić information content (AvgIpc) is 2.75. The van der Waals surface area contributed by atoms with Gasteiger partial charge in [-0.05, 0) is 49.8 Å². The highest BCUT2D eigenvalue weighted by molar-refractivity contribution is 7.89. The van der Waals surface area contributed by atoms with E-state index in [0.29, 0.717) is 25.6 Å². The molecule has 0 spiro atoms. The van der Waals surface area contributed by atoms with Crippen LogP contribution in [0.1, 0.15) is 44.2 Å². The zero-order valence-corrected chi connectivity index (χ0v) is 15.4. The number of benzene rings is 1. The lowest BCUT2D eigenvalue weighted by molar-refractivity contribution is 0.138. The van der Waals surface area contributed by atoms with Gasteiger partial charge in [0.2, 0.25) is 10.0 Å². The highest BCUT2D eigenvalue weighted by Gasteiger charge is 2.29. The molecule has 1 saturated carbocycles. The summed E-state index contributed by atoms with van der Waals surface area (Å²) in [6.07, 6.45) is 4.45. The lowest BCUT2D eigenvalue weighted by Crippen LogP contribution is -2.36. The van der Waals surface area contributed by atoms with E-state index < -0.39 is 10.0 Å². The molecule has 24 heavy (non-hydrogen) atoms. The summed E-state index contributed by atoms with van der Waals surface area (Å²) in [7, 11) is -3.16. The molecule has 2 N–H and O–H groups in total. The van der Waals surface area contributed by atoms with Gasteiger partial charge in [-0.3, -0.25) is 0 Å². The number of ether oxygens (including phenoxy) is 1. The predicted octanol–water partition coefficient (Wildman–Crippen LogP) is 2.21. The van der Waals surface area contributed by atoms with Gasteiger partial charge in [-0.2, -0.15) is 0 Å². The number of fused-ring (bicyclic) bond motifs is 1. The molecule has 134 valence electrons. The van der Waals surface area contributed by atoms with E-state index in [2.05, 4.69) is 30.0 Å². The van der Waals surface area contributed by atoms with Crippen molar-refractivity contribution >= 4 is 10.0 Å². The first-order chi connectivity index (χ1) is 11.3. The molecular weight excluding hydrogens is 324 g/mol. The normalized spacial score (nSPS) is 19.6. The first-order valence-corrected chi connectivity index (χ1v) is 10.5. The summed E-state index contributed by atoms with van der Waals surface area (Å²) in [6.45, 7) is 5.91. The minimum atomic E-state index is -3.16. The van der Waals surface area contributed by atoms with E-state index in [0.717, 1.165) is 30.6 Å². The van der Waals surface area contributed by atoms with Gasteiger partial charge in [0.05, 0.1) is 5.75 Å². The topological polar surface area (TPSA) is 67.4 Å². The van der Waals surface area contributed by atoms with Gasteiger partial charge >= 0.3 is 0 Å². The van der Waals surface area contributed by atoms with Crippen molar-refractivity contribution in [1.82, 2.24) is 10.0 Å². The fraction of sp³-hybridized carbons (Fsp3) is 0.667. The van der Waals surface area contributed by atoms with Gasteiger partial charge in [-0.1, -0.05) is 18.6 Å². The Balaban J connectivity index is 1.40. The summed E-state index contributed by atoms with van der Waals surface area (Å²) in [5.41, 5.74) is 2.26. The minimum Gasteiger partial charge on any atom is -0.487 e. The van der Waals surface area contributed by atoms with Crippen LogP contribution >= 0.6 is 0 Å². The molecule has 1 aromatic rings. The molecule has 1 aliphatic carbocycles. The van der Waals surface area contributed by atoms with Crippen LogP contribution in [0.15, 0.2) is 18.2 Å². The third-order valence-corrected chi connectivity index (χ3v) is 6.17. The van der Waals surface area contributed by atoms with Gasteiger partial charge in [0.1, 0.15) is 11.4 Å². The van der Waals surface area contributed by atoms with Gasteiger partial charge in [-0.25, -0.2) is 13.1 Å². The van der Waals surface area contributed by atoms with Crippen LogP contribution in [0.25, 0.3) is 0 Å². The fourth-order valence-electron chi connectivity index (χ4n) is 3.23. The third kappa shape index (κ3) is 4.71. The lowest BCUT2D eigenvalue weighted by Gasteiger charge is -2.25. The second-order valence-electron chi connectivity index (χ2n) is 7.62. The van der Waals surface area contributed by atoms with Crippen LogP contribution in [-0.2, 0) is 23.0 Å². The summed E-state index contributed by atoms with van der Waals surface area (Å²) < 4.78 is 32.5. The quantitative estimate of drug-likeness (QED) is 0.704. The fourth-order valence-corrected chi connectivity index (χ4v) is 4.27. The molecule has 0 bridgehead atoms. The monoisotopic (exact) mass is 352 g/mol. The van der Waals surface area contributed by atoms with Gasteiger partial charge in [0.25, 0.3) is 0 Å². The Hall–Kier alpha value is -1.11. The molecule has 6 heteroatoms. The summed E-state index contributed by atoms with van der Waals surface area (Å²) in [5.74, 6) is 1.64. The van der Waals surface area contributed by atoms with Gasteiger partial charge in [0, 0.05) is 26.1 Å². The third-order valence-electron chi connectivity index (χ3n) is 4.82. The van der Waals surface area contributed by atoms with E-state index in [1.807, 2.05) is 12.1 Å².